The minimum absolute atomic E-state index is 0.871. The van der Waals surface area contributed by atoms with Crippen LogP contribution in [0.15, 0.2) is 54.6 Å². The molecule has 144 valence electrons. The van der Waals surface area contributed by atoms with Crippen molar-refractivity contribution in [1.29, 1.82) is 0 Å². The van der Waals surface area contributed by atoms with E-state index in [2.05, 4.69) is 65.3 Å². The van der Waals surface area contributed by atoms with Crippen LogP contribution in [-0.2, 0) is 0 Å². The number of anilines is 1. The quantitative estimate of drug-likeness (QED) is 0.656. The van der Waals surface area contributed by atoms with Gasteiger partial charge in [-0.15, -0.1) is 0 Å². The molecule has 2 aromatic carbocycles. The molecule has 4 heteroatoms. The molecule has 0 amide bonds. The summed E-state index contributed by atoms with van der Waals surface area (Å²) < 4.78 is 5.46. The lowest BCUT2D eigenvalue weighted by Crippen LogP contribution is -2.46. The van der Waals surface area contributed by atoms with Crippen molar-refractivity contribution < 1.29 is 4.74 Å². The zero-order valence-electron chi connectivity index (χ0n) is 16.6. The molecule has 1 aliphatic heterocycles. The monoisotopic (exact) mass is 373 g/mol. The van der Waals surface area contributed by atoms with Crippen LogP contribution in [0.5, 0.6) is 5.75 Å². The molecule has 1 aromatic heterocycles. The predicted octanol–water partition coefficient (Wildman–Crippen LogP) is 4.56. The van der Waals surface area contributed by atoms with Gasteiger partial charge < -0.3 is 14.5 Å². The van der Waals surface area contributed by atoms with E-state index in [1.165, 1.54) is 10.8 Å². The SMILES string of the molecule is CCN1CCN(c2nc(/C=C/c3ccccc3OC)cc3ccccc23)CC1. The summed E-state index contributed by atoms with van der Waals surface area (Å²) >= 11 is 0. The molecule has 0 unspecified atom stereocenters. The molecule has 2 heterocycles. The van der Waals surface area contributed by atoms with E-state index in [-0.39, 0.29) is 0 Å². The number of methoxy groups -OCH3 is 1. The van der Waals surface area contributed by atoms with Crippen molar-refractivity contribution >= 4 is 28.7 Å². The van der Waals surface area contributed by atoms with Crippen LogP contribution in [0.3, 0.4) is 0 Å². The maximum absolute atomic E-state index is 5.46. The van der Waals surface area contributed by atoms with Crippen molar-refractivity contribution in [2.75, 3.05) is 44.7 Å². The highest BCUT2D eigenvalue weighted by Gasteiger charge is 2.19. The lowest BCUT2D eigenvalue weighted by Gasteiger charge is -2.35. The average Bonchev–Trinajstić information content (AvgIpc) is 2.77. The highest BCUT2D eigenvalue weighted by molar-refractivity contribution is 5.94. The molecule has 0 radical (unpaired) electrons. The number of aromatic nitrogens is 1. The number of piperazine rings is 1. The third-order valence-electron chi connectivity index (χ3n) is 5.43. The molecule has 0 atom stereocenters. The lowest BCUT2D eigenvalue weighted by atomic mass is 10.1. The third-order valence-corrected chi connectivity index (χ3v) is 5.43. The van der Waals surface area contributed by atoms with Crippen LogP contribution in [0.2, 0.25) is 0 Å². The van der Waals surface area contributed by atoms with Gasteiger partial charge in [0, 0.05) is 37.1 Å². The van der Waals surface area contributed by atoms with E-state index in [1.54, 1.807) is 7.11 Å². The third kappa shape index (κ3) is 3.87. The van der Waals surface area contributed by atoms with Crippen molar-refractivity contribution in [2.45, 2.75) is 6.92 Å². The molecule has 3 aromatic rings. The summed E-state index contributed by atoms with van der Waals surface area (Å²) in [4.78, 5) is 9.94. The number of pyridine rings is 1. The number of benzene rings is 2. The van der Waals surface area contributed by atoms with Gasteiger partial charge in [0.15, 0.2) is 0 Å². The predicted molar refractivity (Wildman–Crippen MR) is 118 cm³/mol. The molecular weight excluding hydrogens is 346 g/mol. The van der Waals surface area contributed by atoms with Crippen LogP contribution in [0.1, 0.15) is 18.2 Å². The van der Waals surface area contributed by atoms with Crippen LogP contribution in [0.4, 0.5) is 5.82 Å². The first-order valence-corrected chi connectivity index (χ1v) is 9.96. The maximum Gasteiger partial charge on any atom is 0.137 e. The van der Waals surface area contributed by atoms with Gasteiger partial charge in [-0.25, -0.2) is 4.98 Å². The number of hydrogen-bond donors (Lipinski definition) is 0. The van der Waals surface area contributed by atoms with E-state index in [1.807, 2.05) is 18.2 Å². The molecule has 4 nitrogen and oxygen atoms in total. The van der Waals surface area contributed by atoms with Gasteiger partial charge in [-0.1, -0.05) is 49.4 Å². The number of hydrogen-bond acceptors (Lipinski definition) is 4. The van der Waals surface area contributed by atoms with Gasteiger partial charge in [0.05, 0.1) is 12.8 Å². The Hall–Kier alpha value is -2.85. The summed E-state index contributed by atoms with van der Waals surface area (Å²) in [5, 5.41) is 2.45. The number of fused-ring (bicyclic) bond motifs is 1. The van der Waals surface area contributed by atoms with Gasteiger partial charge >= 0.3 is 0 Å². The smallest absolute Gasteiger partial charge is 0.137 e. The molecule has 0 saturated carbocycles. The molecule has 0 N–H and O–H groups in total. The van der Waals surface area contributed by atoms with Crippen LogP contribution < -0.4 is 9.64 Å². The van der Waals surface area contributed by atoms with E-state index in [4.69, 9.17) is 9.72 Å². The molecule has 1 fully saturated rings. The summed E-state index contributed by atoms with van der Waals surface area (Å²) in [7, 11) is 1.70. The second-order valence-electron chi connectivity index (χ2n) is 7.09. The van der Waals surface area contributed by atoms with Crippen molar-refractivity contribution in [3.8, 4) is 5.75 Å². The second kappa shape index (κ2) is 8.44. The van der Waals surface area contributed by atoms with E-state index in [0.717, 1.165) is 55.5 Å². The van der Waals surface area contributed by atoms with Crippen molar-refractivity contribution in [1.82, 2.24) is 9.88 Å². The van der Waals surface area contributed by atoms with Gasteiger partial charge in [-0.05, 0) is 36.2 Å². The Morgan fingerprint density at radius 1 is 0.964 bits per heavy atom. The standard InChI is InChI=1S/C24H27N3O/c1-3-26-14-16-27(17-15-26)24-22-10-6-4-9-20(22)18-21(25-24)13-12-19-8-5-7-11-23(19)28-2/h4-13,18H,3,14-17H2,1-2H3/b13-12+. The fourth-order valence-electron chi connectivity index (χ4n) is 3.78. The summed E-state index contributed by atoms with van der Waals surface area (Å²) in [6.07, 6.45) is 4.16. The molecule has 4 rings (SSSR count). The average molecular weight is 374 g/mol. The Balaban J connectivity index is 1.69. The number of ether oxygens (including phenoxy) is 1. The Morgan fingerprint density at radius 2 is 1.71 bits per heavy atom. The minimum atomic E-state index is 0.871. The number of rotatable bonds is 5. The Morgan fingerprint density at radius 3 is 2.50 bits per heavy atom. The summed E-state index contributed by atoms with van der Waals surface area (Å²) in [6.45, 7) is 7.56. The van der Waals surface area contributed by atoms with Gasteiger partial charge in [-0.2, -0.15) is 0 Å². The summed E-state index contributed by atoms with van der Waals surface area (Å²) in [6, 6.07) is 18.7. The fourth-order valence-corrected chi connectivity index (χ4v) is 3.78. The van der Waals surface area contributed by atoms with Crippen molar-refractivity contribution in [3.05, 3.63) is 65.9 Å². The number of nitrogens with zero attached hydrogens (tertiary/aromatic N) is 3. The van der Waals surface area contributed by atoms with E-state index >= 15 is 0 Å². The molecule has 0 bridgehead atoms. The molecular formula is C24H27N3O. The first kappa shape index (κ1) is 18.5. The molecule has 28 heavy (non-hydrogen) atoms. The van der Waals surface area contributed by atoms with Gasteiger partial charge in [0.2, 0.25) is 0 Å². The van der Waals surface area contributed by atoms with Crippen molar-refractivity contribution in [3.63, 3.8) is 0 Å². The topological polar surface area (TPSA) is 28.6 Å². The molecule has 0 spiro atoms. The molecule has 0 aliphatic carbocycles. The van der Waals surface area contributed by atoms with Crippen LogP contribution in [0.25, 0.3) is 22.9 Å². The van der Waals surface area contributed by atoms with Crippen LogP contribution >= 0.6 is 0 Å². The Kier molecular flexibility index (Phi) is 5.58. The molecule has 1 saturated heterocycles. The number of para-hydroxylation sites is 1. The highest BCUT2D eigenvalue weighted by Crippen LogP contribution is 2.28. The maximum atomic E-state index is 5.46. The fraction of sp³-hybridized carbons (Fsp3) is 0.292. The van der Waals surface area contributed by atoms with Gasteiger partial charge in [0.25, 0.3) is 0 Å². The normalized spacial score (nSPS) is 15.4. The largest absolute Gasteiger partial charge is 0.496 e. The zero-order chi connectivity index (χ0) is 19.3. The van der Waals surface area contributed by atoms with Crippen LogP contribution in [0, 0.1) is 0 Å². The second-order valence-corrected chi connectivity index (χ2v) is 7.09. The first-order chi connectivity index (χ1) is 13.8. The Bertz CT molecular complexity index is 975. The van der Waals surface area contributed by atoms with E-state index in [0.29, 0.717) is 0 Å². The number of likely N-dealkylation sites (N-methyl/N-ethyl adjacent to an activating group) is 1. The van der Waals surface area contributed by atoms with Crippen LogP contribution in [-0.4, -0.2) is 49.7 Å². The van der Waals surface area contributed by atoms with E-state index < -0.39 is 0 Å². The minimum Gasteiger partial charge on any atom is -0.496 e. The van der Waals surface area contributed by atoms with Gasteiger partial charge in [-0.3, -0.25) is 0 Å². The van der Waals surface area contributed by atoms with Gasteiger partial charge in [0.1, 0.15) is 11.6 Å². The summed E-state index contributed by atoms with van der Waals surface area (Å²) in [5.41, 5.74) is 2.02. The lowest BCUT2D eigenvalue weighted by molar-refractivity contribution is 0.271. The highest BCUT2D eigenvalue weighted by atomic mass is 16.5. The zero-order valence-corrected chi connectivity index (χ0v) is 16.6. The molecule has 1 aliphatic rings. The summed E-state index contributed by atoms with van der Waals surface area (Å²) in [5.74, 6) is 1.96. The first-order valence-electron chi connectivity index (χ1n) is 9.96. The Labute approximate surface area is 167 Å². The van der Waals surface area contributed by atoms with Crippen molar-refractivity contribution in [2.24, 2.45) is 0 Å². The van der Waals surface area contributed by atoms with E-state index in [9.17, 15) is 0 Å².